The Morgan fingerprint density at radius 1 is 1.38 bits per heavy atom. The van der Waals surface area contributed by atoms with Crippen LogP contribution in [0.2, 0.25) is 0 Å². The average molecular weight is 232 g/mol. The first kappa shape index (κ1) is 15.8. The van der Waals surface area contributed by atoms with Crippen molar-refractivity contribution in [3.8, 4) is 0 Å². The van der Waals surface area contributed by atoms with Crippen molar-refractivity contribution in [3.63, 3.8) is 0 Å². The molecule has 0 aromatic rings. The molecule has 0 saturated heterocycles. The van der Waals surface area contributed by atoms with Crippen LogP contribution in [0.1, 0.15) is 27.2 Å². The van der Waals surface area contributed by atoms with Crippen LogP contribution in [0, 0.1) is 5.41 Å². The summed E-state index contributed by atoms with van der Waals surface area (Å²) in [6.07, 6.45) is 0.528. The van der Waals surface area contributed by atoms with Crippen LogP contribution in [0.25, 0.3) is 0 Å². The average Bonchev–Trinajstić information content (AvgIpc) is 2.12. The number of rotatable bonds is 7. The second-order valence-electron chi connectivity index (χ2n) is 5.63. The van der Waals surface area contributed by atoms with E-state index in [0.717, 1.165) is 13.0 Å². The highest BCUT2D eigenvalue weighted by Gasteiger charge is 2.20. The van der Waals surface area contributed by atoms with E-state index in [1.54, 1.807) is 7.11 Å². The molecule has 0 fully saturated rings. The Kier molecular flexibility index (Phi) is 7.15. The first-order valence-electron chi connectivity index (χ1n) is 5.88. The quantitative estimate of drug-likeness (QED) is 0.678. The van der Waals surface area contributed by atoms with Gasteiger partial charge in [0.2, 0.25) is 0 Å². The normalized spacial score (nSPS) is 16.5. The van der Waals surface area contributed by atoms with Crippen LogP contribution < -0.4 is 5.73 Å². The summed E-state index contributed by atoms with van der Waals surface area (Å²) in [7, 11) is 3.59. The van der Waals surface area contributed by atoms with E-state index in [4.69, 9.17) is 10.5 Å². The van der Waals surface area contributed by atoms with Crippen molar-refractivity contribution in [1.29, 1.82) is 0 Å². The minimum Gasteiger partial charge on any atom is -0.389 e. The summed E-state index contributed by atoms with van der Waals surface area (Å²) in [5, 5.41) is 9.55. The van der Waals surface area contributed by atoms with Crippen molar-refractivity contribution in [2.24, 2.45) is 11.1 Å². The van der Waals surface area contributed by atoms with E-state index >= 15 is 0 Å². The van der Waals surface area contributed by atoms with Crippen LogP contribution in [-0.4, -0.2) is 56.0 Å². The minimum absolute atomic E-state index is 0.145. The lowest BCUT2D eigenvalue weighted by Gasteiger charge is -2.29. The molecule has 0 amide bonds. The lowest BCUT2D eigenvalue weighted by Crippen LogP contribution is -2.40. The zero-order chi connectivity index (χ0) is 12.8. The Morgan fingerprint density at radius 3 is 2.38 bits per heavy atom. The monoisotopic (exact) mass is 232 g/mol. The van der Waals surface area contributed by atoms with Gasteiger partial charge < -0.3 is 20.5 Å². The number of aliphatic hydroxyl groups excluding tert-OH is 1. The maximum absolute atomic E-state index is 9.55. The summed E-state index contributed by atoms with van der Waals surface area (Å²) in [6.45, 7) is 8.37. The molecule has 0 aromatic carbocycles. The van der Waals surface area contributed by atoms with Gasteiger partial charge in [-0.25, -0.2) is 0 Å². The molecule has 3 N–H and O–H groups in total. The predicted octanol–water partition coefficient (Wildman–Crippen LogP) is 0.689. The molecule has 4 nitrogen and oxygen atoms in total. The van der Waals surface area contributed by atoms with Crippen molar-refractivity contribution in [2.45, 2.75) is 39.3 Å². The lowest BCUT2D eigenvalue weighted by molar-refractivity contribution is 0.0422. The van der Waals surface area contributed by atoms with E-state index in [-0.39, 0.29) is 11.5 Å². The van der Waals surface area contributed by atoms with E-state index in [1.165, 1.54) is 0 Å². The molecule has 0 aliphatic heterocycles. The third-order valence-electron chi connectivity index (χ3n) is 2.82. The minimum atomic E-state index is -0.416. The van der Waals surface area contributed by atoms with Crippen LogP contribution in [0.3, 0.4) is 0 Å². The molecule has 0 aliphatic rings. The molecule has 0 heterocycles. The van der Waals surface area contributed by atoms with Crippen LogP contribution in [0.5, 0.6) is 0 Å². The number of methoxy groups -OCH3 is 1. The number of hydrogen-bond acceptors (Lipinski definition) is 4. The summed E-state index contributed by atoms with van der Waals surface area (Å²) in [5.74, 6) is 0. The van der Waals surface area contributed by atoms with Crippen molar-refractivity contribution >= 4 is 0 Å². The first-order valence-corrected chi connectivity index (χ1v) is 5.88. The van der Waals surface area contributed by atoms with Gasteiger partial charge in [0.1, 0.15) is 0 Å². The second kappa shape index (κ2) is 7.22. The topological polar surface area (TPSA) is 58.7 Å². The Labute approximate surface area is 99.8 Å². The van der Waals surface area contributed by atoms with Crippen LogP contribution in [0.4, 0.5) is 0 Å². The molecule has 0 spiro atoms. The first-order chi connectivity index (χ1) is 7.27. The molecule has 0 aliphatic carbocycles. The largest absolute Gasteiger partial charge is 0.389 e. The van der Waals surface area contributed by atoms with Gasteiger partial charge in [-0.15, -0.1) is 0 Å². The van der Waals surface area contributed by atoms with Gasteiger partial charge in [0.05, 0.1) is 12.7 Å². The Balaban J connectivity index is 3.77. The van der Waals surface area contributed by atoms with Gasteiger partial charge in [0.25, 0.3) is 0 Å². The number of hydrogen-bond donors (Lipinski definition) is 2. The number of ether oxygens (including phenoxy) is 1. The molecule has 98 valence electrons. The molecule has 0 saturated carbocycles. The maximum Gasteiger partial charge on any atom is 0.0899 e. The molecular formula is C12H28N2O2. The smallest absolute Gasteiger partial charge is 0.0899 e. The molecular weight excluding hydrogens is 204 g/mol. The summed E-state index contributed by atoms with van der Waals surface area (Å²) in [4.78, 5) is 2.09. The molecule has 0 radical (unpaired) electrons. The molecule has 2 unspecified atom stereocenters. The van der Waals surface area contributed by atoms with Gasteiger partial charge in [-0.3, -0.25) is 0 Å². The molecule has 0 bridgehead atoms. The fourth-order valence-electron chi connectivity index (χ4n) is 1.49. The zero-order valence-corrected chi connectivity index (χ0v) is 11.4. The van der Waals surface area contributed by atoms with Gasteiger partial charge in [-0.1, -0.05) is 20.8 Å². The Hall–Kier alpha value is -0.160. The number of nitrogens with two attached hydrogens (primary N) is 1. The number of aliphatic hydroxyl groups is 1. The van der Waals surface area contributed by atoms with Crippen LogP contribution in [0.15, 0.2) is 0 Å². The second-order valence-corrected chi connectivity index (χ2v) is 5.63. The highest BCUT2D eigenvalue weighted by atomic mass is 16.5. The van der Waals surface area contributed by atoms with Gasteiger partial charge in [-0.05, 0) is 25.4 Å². The third-order valence-corrected chi connectivity index (χ3v) is 2.82. The SMILES string of the molecule is COCC(O)CN(C)CCC(N)C(C)(C)C. The van der Waals surface area contributed by atoms with E-state index in [0.29, 0.717) is 13.2 Å². The molecule has 4 heteroatoms. The van der Waals surface area contributed by atoms with Crippen molar-refractivity contribution in [3.05, 3.63) is 0 Å². The van der Waals surface area contributed by atoms with Crippen molar-refractivity contribution in [2.75, 3.05) is 33.9 Å². The molecule has 16 heavy (non-hydrogen) atoms. The fraction of sp³-hybridized carbons (Fsp3) is 1.00. The Morgan fingerprint density at radius 2 is 1.94 bits per heavy atom. The molecule has 0 rings (SSSR count). The highest BCUT2D eigenvalue weighted by molar-refractivity contribution is 4.77. The Bertz CT molecular complexity index is 180. The number of likely N-dealkylation sites (N-methyl/N-ethyl adjacent to an activating group) is 1. The van der Waals surface area contributed by atoms with Gasteiger partial charge in [0, 0.05) is 19.7 Å². The predicted molar refractivity (Wildman–Crippen MR) is 67.4 cm³/mol. The van der Waals surface area contributed by atoms with E-state index < -0.39 is 6.10 Å². The van der Waals surface area contributed by atoms with Crippen LogP contribution >= 0.6 is 0 Å². The summed E-state index contributed by atoms with van der Waals surface area (Å²) < 4.78 is 4.88. The molecule has 0 aromatic heterocycles. The maximum atomic E-state index is 9.55. The summed E-state index contributed by atoms with van der Waals surface area (Å²) in [5.41, 5.74) is 6.22. The van der Waals surface area contributed by atoms with Crippen molar-refractivity contribution in [1.82, 2.24) is 4.90 Å². The van der Waals surface area contributed by atoms with Crippen LogP contribution in [-0.2, 0) is 4.74 Å². The fourth-order valence-corrected chi connectivity index (χ4v) is 1.49. The van der Waals surface area contributed by atoms with Gasteiger partial charge in [0.15, 0.2) is 0 Å². The summed E-state index contributed by atoms with van der Waals surface area (Å²) >= 11 is 0. The van der Waals surface area contributed by atoms with Gasteiger partial charge in [-0.2, -0.15) is 0 Å². The third kappa shape index (κ3) is 7.17. The number of nitrogens with zero attached hydrogens (tertiary/aromatic N) is 1. The zero-order valence-electron chi connectivity index (χ0n) is 11.4. The highest BCUT2D eigenvalue weighted by Crippen LogP contribution is 2.19. The van der Waals surface area contributed by atoms with E-state index in [1.807, 2.05) is 7.05 Å². The van der Waals surface area contributed by atoms with E-state index in [2.05, 4.69) is 25.7 Å². The van der Waals surface area contributed by atoms with Crippen molar-refractivity contribution < 1.29 is 9.84 Å². The summed E-state index contributed by atoms with van der Waals surface area (Å²) in [6, 6.07) is 0.189. The van der Waals surface area contributed by atoms with Gasteiger partial charge >= 0.3 is 0 Å². The lowest BCUT2D eigenvalue weighted by atomic mass is 9.85. The standard InChI is InChI=1S/C12H28N2O2/c1-12(2,3)11(13)6-7-14(4)8-10(15)9-16-5/h10-11,15H,6-9,13H2,1-5H3. The molecule has 2 atom stereocenters. The van der Waals surface area contributed by atoms with E-state index in [9.17, 15) is 5.11 Å².